The van der Waals surface area contributed by atoms with Crippen LogP contribution in [0.15, 0.2) is 6.07 Å². The number of ether oxygens (including phenoxy) is 2. The summed E-state index contributed by atoms with van der Waals surface area (Å²) in [6.07, 6.45) is 0.344. The minimum absolute atomic E-state index is 0.0758. The van der Waals surface area contributed by atoms with Gasteiger partial charge in [0.1, 0.15) is 5.69 Å². The molecular formula is C20H27NO5. The molecule has 0 aliphatic heterocycles. The standard InChI is InChI=1S/C20H27NO5/c1-7-25-17(23)20(18(24)26-8-2)10-13-9-15(16(22)19(4,5)6)21-12(3)14(13)11-20/h9H,7-8,10-11H2,1-6H3. The summed E-state index contributed by atoms with van der Waals surface area (Å²) in [5.74, 6) is -1.25. The Morgan fingerprint density at radius 2 is 1.62 bits per heavy atom. The molecule has 0 aromatic carbocycles. The van der Waals surface area contributed by atoms with Gasteiger partial charge in [-0.05, 0) is 44.4 Å². The van der Waals surface area contributed by atoms with Crippen molar-refractivity contribution in [3.05, 3.63) is 28.6 Å². The SMILES string of the molecule is CCOC(=O)C1(C(=O)OCC)Cc2cc(C(=O)C(C)(C)C)nc(C)c2C1. The Labute approximate surface area is 154 Å². The number of nitrogens with zero attached hydrogens (tertiary/aromatic N) is 1. The molecule has 142 valence electrons. The lowest BCUT2D eigenvalue weighted by Crippen LogP contribution is -2.43. The summed E-state index contributed by atoms with van der Waals surface area (Å²) in [5.41, 5.74) is 0.654. The van der Waals surface area contributed by atoms with Crippen LogP contribution in [0.2, 0.25) is 0 Å². The molecule has 0 radical (unpaired) electrons. The van der Waals surface area contributed by atoms with Gasteiger partial charge < -0.3 is 9.47 Å². The van der Waals surface area contributed by atoms with Gasteiger partial charge in [0, 0.05) is 17.5 Å². The van der Waals surface area contributed by atoms with Crippen molar-refractivity contribution < 1.29 is 23.9 Å². The van der Waals surface area contributed by atoms with Crippen LogP contribution in [-0.4, -0.2) is 35.9 Å². The van der Waals surface area contributed by atoms with Crippen LogP contribution in [0.4, 0.5) is 0 Å². The van der Waals surface area contributed by atoms with E-state index in [9.17, 15) is 14.4 Å². The maximum atomic E-state index is 12.6. The van der Waals surface area contributed by atoms with Crippen LogP contribution in [0, 0.1) is 17.8 Å². The Kier molecular flexibility index (Phi) is 5.54. The number of Topliss-reactive ketones (excluding diaryl/α,β-unsaturated/α-hetero) is 1. The molecule has 1 aliphatic carbocycles. The van der Waals surface area contributed by atoms with Crippen molar-refractivity contribution in [2.45, 2.75) is 54.4 Å². The van der Waals surface area contributed by atoms with Gasteiger partial charge in [-0.2, -0.15) is 0 Å². The summed E-state index contributed by atoms with van der Waals surface area (Å²) in [6.45, 7) is 11.1. The zero-order valence-electron chi connectivity index (χ0n) is 16.4. The number of ketones is 1. The highest BCUT2D eigenvalue weighted by Crippen LogP contribution is 2.41. The summed E-state index contributed by atoms with van der Waals surface area (Å²) in [4.78, 5) is 42.3. The average molecular weight is 361 g/mol. The number of aromatic nitrogens is 1. The third-order valence-corrected chi connectivity index (χ3v) is 4.64. The van der Waals surface area contributed by atoms with E-state index >= 15 is 0 Å². The lowest BCUT2D eigenvalue weighted by atomic mass is 9.84. The zero-order chi connectivity index (χ0) is 19.7. The van der Waals surface area contributed by atoms with E-state index in [2.05, 4.69) is 4.98 Å². The minimum Gasteiger partial charge on any atom is -0.465 e. The first-order valence-electron chi connectivity index (χ1n) is 8.95. The van der Waals surface area contributed by atoms with Crippen LogP contribution in [0.5, 0.6) is 0 Å². The third-order valence-electron chi connectivity index (χ3n) is 4.64. The number of aryl methyl sites for hydroxylation is 1. The smallest absolute Gasteiger partial charge is 0.324 e. The average Bonchev–Trinajstić information content (AvgIpc) is 2.95. The quantitative estimate of drug-likeness (QED) is 0.456. The summed E-state index contributed by atoms with van der Waals surface area (Å²) in [7, 11) is 0. The third kappa shape index (κ3) is 3.50. The topological polar surface area (TPSA) is 82.6 Å². The maximum absolute atomic E-state index is 12.6. The summed E-state index contributed by atoms with van der Waals surface area (Å²) < 4.78 is 10.3. The van der Waals surface area contributed by atoms with E-state index in [0.29, 0.717) is 11.4 Å². The Morgan fingerprint density at radius 3 is 2.08 bits per heavy atom. The molecular weight excluding hydrogens is 334 g/mol. The summed E-state index contributed by atoms with van der Waals surface area (Å²) in [6, 6.07) is 1.70. The second-order valence-corrected chi connectivity index (χ2v) is 7.69. The van der Waals surface area contributed by atoms with Gasteiger partial charge in [-0.3, -0.25) is 14.4 Å². The van der Waals surface area contributed by atoms with Crippen LogP contribution < -0.4 is 0 Å². The minimum atomic E-state index is -1.40. The van der Waals surface area contributed by atoms with Crippen molar-refractivity contribution in [1.82, 2.24) is 4.98 Å². The summed E-state index contributed by atoms with van der Waals surface area (Å²) >= 11 is 0. The molecule has 1 aliphatic rings. The normalized spacial score (nSPS) is 15.3. The fraction of sp³-hybridized carbons (Fsp3) is 0.600. The van der Waals surface area contributed by atoms with E-state index in [-0.39, 0.29) is 31.8 Å². The first-order valence-corrected chi connectivity index (χ1v) is 8.95. The molecule has 0 bridgehead atoms. The van der Waals surface area contributed by atoms with E-state index in [4.69, 9.17) is 9.47 Å². The first kappa shape index (κ1) is 20.1. The van der Waals surface area contributed by atoms with E-state index < -0.39 is 22.8 Å². The molecule has 0 N–H and O–H groups in total. The highest BCUT2D eigenvalue weighted by atomic mass is 16.6. The fourth-order valence-corrected chi connectivity index (χ4v) is 3.26. The van der Waals surface area contributed by atoms with E-state index in [0.717, 1.165) is 11.1 Å². The van der Waals surface area contributed by atoms with Crippen molar-refractivity contribution >= 4 is 17.7 Å². The van der Waals surface area contributed by atoms with Crippen molar-refractivity contribution in [2.24, 2.45) is 10.8 Å². The van der Waals surface area contributed by atoms with Gasteiger partial charge in [-0.15, -0.1) is 0 Å². The molecule has 0 spiro atoms. The van der Waals surface area contributed by atoms with E-state index in [1.807, 2.05) is 20.8 Å². The second kappa shape index (κ2) is 7.17. The molecule has 1 aromatic heterocycles. The molecule has 6 nitrogen and oxygen atoms in total. The monoisotopic (exact) mass is 361 g/mol. The summed E-state index contributed by atoms with van der Waals surface area (Å²) in [5, 5.41) is 0. The predicted molar refractivity (Wildman–Crippen MR) is 95.9 cm³/mol. The molecule has 0 unspecified atom stereocenters. The Hall–Kier alpha value is -2.24. The molecule has 26 heavy (non-hydrogen) atoms. The zero-order valence-corrected chi connectivity index (χ0v) is 16.4. The molecule has 0 atom stereocenters. The predicted octanol–water partition coefficient (Wildman–Crippen LogP) is 2.83. The number of carbonyl (C=O) groups is 3. The number of hydrogen-bond donors (Lipinski definition) is 0. The van der Waals surface area contributed by atoms with Crippen LogP contribution in [0.3, 0.4) is 0 Å². The number of fused-ring (bicyclic) bond motifs is 1. The van der Waals surface area contributed by atoms with Gasteiger partial charge in [0.2, 0.25) is 0 Å². The number of pyridine rings is 1. The number of esters is 2. The van der Waals surface area contributed by atoms with E-state index in [1.54, 1.807) is 26.8 Å². The molecule has 0 fully saturated rings. The first-order chi connectivity index (χ1) is 12.1. The fourth-order valence-electron chi connectivity index (χ4n) is 3.26. The molecule has 0 saturated heterocycles. The lowest BCUT2D eigenvalue weighted by Gasteiger charge is -2.24. The Bertz CT molecular complexity index is 727. The van der Waals surface area contributed by atoms with Gasteiger partial charge in [-0.1, -0.05) is 20.8 Å². The van der Waals surface area contributed by atoms with Crippen LogP contribution in [-0.2, 0) is 31.9 Å². The van der Waals surface area contributed by atoms with Crippen LogP contribution in [0.1, 0.15) is 61.9 Å². The number of rotatable bonds is 5. The highest BCUT2D eigenvalue weighted by molar-refractivity contribution is 6.02. The van der Waals surface area contributed by atoms with E-state index in [1.165, 1.54) is 0 Å². The largest absolute Gasteiger partial charge is 0.465 e. The van der Waals surface area contributed by atoms with Crippen LogP contribution in [0.25, 0.3) is 0 Å². The maximum Gasteiger partial charge on any atom is 0.324 e. The highest BCUT2D eigenvalue weighted by Gasteiger charge is 2.53. The molecule has 1 aromatic rings. The van der Waals surface area contributed by atoms with Crippen molar-refractivity contribution in [2.75, 3.05) is 13.2 Å². The van der Waals surface area contributed by atoms with Crippen molar-refractivity contribution in [1.29, 1.82) is 0 Å². The van der Waals surface area contributed by atoms with Gasteiger partial charge in [0.15, 0.2) is 11.2 Å². The number of hydrogen-bond acceptors (Lipinski definition) is 6. The van der Waals surface area contributed by atoms with Crippen molar-refractivity contribution in [3.8, 4) is 0 Å². The number of carbonyl (C=O) groups excluding carboxylic acids is 3. The molecule has 0 saturated carbocycles. The van der Waals surface area contributed by atoms with Gasteiger partial charge in [0.05, 0.1) is 13.2 Å². The van der Waals surface area contributed by atoms with Gasteiger partial charge >= 0.3 is 11.9 Å². The lowest BCUT2D eigenvalue weighted by molar-refractivity contribution is -0.171. The molecule has 6 heteroatoms. The Morgan fingerprint density at radius 1 is 1.08 bits per heavy atom. The Balaban J connectivity index is 2.49. The van der Waals surface area contributed by atoms with Crippen molar-refractivity contribution in [3.63, 3.8) is 0 Å². The second-order valence-electron chi connectivity index (χ2n) is 7.69. The van der Waals surface area contributed by atoms with Gasteiger partial charge in [-0.25, -0.2) is 4.98 Å². The molecule has 1 heterocycles. The van der Waals surface area contributed by atoms with Gasteiger partial charge in [0.25, 0.3) is 0 Å². The van der Waals surface area contributed by atoms with Crippen LogP contribution >= 0.6 is 0 Å². The molecule has 0 amide bonds. The molecule has 2 rings (SSSR count).